The summed E-state index contributed by atoms with van der Waals surface area (Å²) in [6, 6.07) is 13.9. The number of para-hydroxylation sites is 1. The number of benzene rings is 2. The Morgan fingerprint density at radius 3 is 2.80 bits per heavy atom. The molecule has 30 heavy (non-hydrogen) atoms. The number of nitrogens with zero attached hydrogens (tertiary/aromatic N) is 2. The van der Waals surface area contributed by atoms with Gasteiger partial charge in [-0.25, -0.2) is 4.98 Å². The first-order chi connectivity index (χ1) is 14.7. The number of amides is 1. The second kappa shape index (κ2) is 7.50. The number of fused-ring (bicyclic) bond motifs is 2. The van der Waals surface area contributed by atoms with Crippen molar-refractivity contribution in [2.75, 3.05) is 18.5 Å². The molecule has 0 saturated heterocycles. The van der Waals surface area contributed by atoms with E-state index in [0.717, 1.165) is 45.8 Å². The van der Waals surface area contributed by atoms with E-state index in [-0.39, 0.29) is 5.91 Å². The van der Waals surface area contributed by atoms with Gasteiger partial charge in [-0.2, -0.15) is 0 Å². The van der Waals surface area contributed by atoms with Crippen LogP contribution in [0.25, 0.3) is 22.2 Å². The monoisotopic (exact) mass is 419 g/mol. The number of hydrogen-bond donors (Lipinski definition) is 1. The minimum atomic E-state index is -0.145. The molecule has 6 nitrogen and oxygen atoms in total. The van der Waals surface area contributed by atoms with Crippen molar-refractivity contribution < 1.29 is 14.3 Å². The molecule has 0 fully saturated rings. The van der Waals surface area contributed by atoms with E-state index >= 15 is 0 Å². The van der Waals surface area contributed by atoms with E-state index in [9.17, 15) is 4.79 Å². The van der Waals surface area contributed by atoms with Crippen LogP contribution in [-0.2, 0) is 6.54 Å². The molecule has 0 saturated carbocycles. The van der Waals surface area contributed by atoms with Gasteiger partial charge in [-0.15, -0.1) is 11.3 Å². The lowest BCUT2D eigenvalue weighted by molar-refractivity contribution is 0.101. The fourth-order valence-corrected chi connectivity index (χ4v) is 4.64. The highest BCUT2D eigenvalue weighted by molar-refractivity contribution is 7.14. The van der Waals surface area contributed by atoms with Gasteiger partial charge in [0.05, 0.1) is 5.69 Å². The maximum atomic E-state index is 13.1. The molecule has 0 spiro atoms. The van der Waals surface area contributed by atoms with E-state index in [1.807, 2.05) is 55.6 Å². The molecule has 0 aliphatic carbocycles. The molecule has 1 aliphatic rings. The first-order valence-electron chi connectivity index (χ1n) is 9.90. The molecule has 0 atom stereocenters. The highest BCUT2D eigenvalue weighted by atomic mass is 32.1. The Bertz CT molecular complexity index is 1260. The largest absolute Gasteiger partial charge is 0.486 e. The molecule has 7 heteroatoms. The molecule has 0 unspecified atom stereocenters. The summed E-state index contributed by atoms with van der Waals surface area (Å²) in [4.78, 5) is 17.7. The summed E-state index contributed by atoms with van der Waals surface area (Å²) in [5.41, 5.74) is 4.44. The summed E-state index contributed by atoms with van der Waals surface area (Å²) in [6.07, 6.45) is 0. The second-order valence-electron chi connectivity index (χ2n) is 7.09. The number of aryl methyl sites for hydroxylation is 2. The van der Waals surface area contributed by atoms with E-state index in [4.69, 9.17) is 9.47 Å². The van der Waals surface area contributed by atoms with Gasteiger partial charge in [0.15, 0.2) is 16.6 Å². The highest BCUT2D eigenvalue weighted by Gasteiger charge is 2.21. The number of anilines is 1. The summed E-state index contributed by atoms with van der Waals surface area (Å²) >= 11 is 1.41. The molecule has 152 valence electrons. The van der Waals surface area contributed by atoms with Gasteiger partial charge in [0.1, 0.15) is 18.9 Å². The van der Waals surface area contributed by atoms with Crippen LogP contribution in [0, 0.1) is 6.92 Å². The summed E-state index contributed by atoms with van der Waals surface area (Å²) in [6.45, 7) is 5.86. The van der Waals surface area contributed by atoms with Crippen molar-refractivity contribution in [3.63, 3.8) is 0 Å². The number of hydrogen-bond acceptors (Lipinski definition) is 5. The lowest BCUT2D eigenvalue weighted by atomic mass is 10.1. The summed E-state index contributed by atoms with van der Waals surface area (Å²) in [5.74, 6) is 1.32. The number of thiazole rings is 1. The lowest BCUT2D eigenvalue weighted by Gasteiger charge is -2.18. The number of ether oxygens (including phenoxy) is 2. The van der Waals surface area contributed by atoms with Crippen molar-refractivity contribution in [2.24, 2.45) is 0 Å². The van der Waals surface area contributed by atoms with Crippen molar-refractivity contribution in [3.8, 4) is 22.8 Å². The minimum absolute atomic E-state index is 0.145. The van der Waals surface area contributed by atoms with Gasteiger partial charge in [-0.05, 0) is 43.7 Å². The fraction of sp³-hybridized carbons (Fsp3) is 0.217. The summed E-state index contributed by atoms with van der Waals surface area (Å²) in [5, 5.41) is 6.58. The van der Waals surface area contributed by atoms with E-state index in [2.05, 4.69) is 20.9 Å². The molecule has 2 aromatic heterocycles. The third kappa shape index (κ3) is 3.11. The third-order valence-electron chi connectivity index (χ3n) is 5.32. The Hall–Kier alpha value is -3.32. The first-order valence-corrected chi connectivity index (χ1v) is 10.8. The fourth-order valence-electron chi connectivity index (χ4n) is 3.92. The van der Waals surface area contributed by atoms with Crippen molar-refractivity contribution in [2.45, 2.75) is 20.4 Å². The predicted molar refractivity (Wildman–Crippen MR) is 119 cm³/mol. The highest BCUT2D eigenvalue weighted by Crippen LogP contribution is 2.35. The van der Waals surface area contributed by atoms with Crippen LogP contribution < -0.4 is 14.8 Å². The van der Waals surface area contributed by atoms with Gasteiger partial charge in [0.25, 0.3) is 5.91 Å². The quantitative estimate of drug-likeness (QED) is 0.499. The van der Waals surface area contributed by atoms with Crippen LogP contribution in [0.1, 0.15) is 23.0 Å². The zero-order valence-electron chi connectivity index (χ0n) is 16.8. The van der Waals surface area contributed by atoms with E-state index < -0.39 is 0 Å². The standard InChI is InChI=1S/C23H21N3O3S/c1-3-26-18-7-5-4-6-16(18)14(2)21(26)22(27)25-23-24-17(13-30-23)15-8-9-19-20(12-15)29-11-10-28-19/h4-9,12-13H,3,10-11H2,1-2H3,(H,24,25,27). The first kappa shape index (κ1) is 18.7. The number of rotatable bonds is 4. The average molecular weight is 420 g/mol. The van der Waals surface area contributed by atoms with Crippen LogP contribution in [-0.4, -0.2) is 28.7 Å². The van der Waals surface area contributed by atoms with Crippen LogP contribution in [0.5, 0.6) is 11.5 Å². The van der Waals surface area contributed by atoms with Crippen molar-refractivity contribution in [1.82, 2.24) is 9.55 Å². The van der Waals surface area contributed by atoms with Gasteiger partial charge < -0.3 is 14.0 Å². The molecule has 3 heterocycles. The number of carbonyl (C=O) groups excluding carboxylic acids is 1. The van der Waals surface area contributed by atoms with Crippen molar-refractivity contribution in [1.29, 1.82) is 0 Å². The average Bonchev–Trinajstić information content (AvgIpc) is 3.36. The summed E-state index contributed by atoms with van der Waals surface area (Å²) < 4.78 is 13.3. The Labute approximate surface area is 178 Å². The molecule has 2 aromatic carbocycles. The van der Waals surface area contributed by atoms with E-state index in [0.29, 0.717) is 24.0 Å². The number of aromatic nitrogens is 2. The van der Waals surface area contributed by atoms with Crippen LogP contribution in [0.15, 0.2) is 47.8 Å². The van der Waals surface area contributed by atoms with E-state index in [1.165, 1.54) is 11.3 Å². The smallest absolute Gasteiger partial charge is 0.274 e. The maximum Gasteiger partial charge on any atom is 0.274 e. The molecule has 5 rings (SSSR count). The van der Waals surface area contributed by atoms with Crippen molar-refractivity contribution in [3.05, 3.63) is 59.1 Å². The Morgan fingerprint density at radius 2 is 1.97 bits per heavy atom. The molecular weight excluding hydrogens is 398 g/mol. The van der Waals surface area contributed by atoms with Gasteiger partial charge in [-0.1, -0.05) is 18.2 Å². The maximum absolute atomic E-state index is 13.1. The predicted octanol–water partition coefficient (Wildman–Crippen LogP) is 5.12. The molecule has 1 amide bonds. The Morgan fingerprint density at radius 1 is 1.17 bits per heavy atom. The SMILES string of the molecule is CCn1c(C(=O)Nc2nc(-c3ccc4c(c3)OCCO4)cs2)c(C)c2ccccc21. The molecular formula is C23H21N3O3S. The second-order valence-corrected chi connectivity index (χ2v) is 7.94. The lowest BCUT2D eigenvalue weighted by Crippen LogP contribution is -2.17. The van der Waals surface area contributed by atoms with Gasteiger partial charge >= 0.3 is 0 Å². The van der Waals surface area contributed by atoms with Gasteiger partial charge in [-0.3, -0.25) is 10.1 Å². The normalized spacial score (nSPS) is 12.9. The Balaban J connectivity index is 1.43. The zero-order chi connectivity index (χ0) is 20.7. The number of carbonyl (C=O) groups is 1. The summed E-state index contributed by atoms with van der Waals surface area (Å²) in [7, 11) is 0. The Kier molecular flexibility index (Phi) is 4.67. The minimum Gasteiger partial charge on any atom is -0.486 e. The molecule has 1 N–H and O–H groups in total. The van der Waals surface area contributed by atoms with Crippen LogP contribution in [0.3, 0.4) is 0 Å². The molecule has 1 aliphatic heterocycles. The number of nitrogens with one attached hydrogen (secondary N) is 1. The van der Waals surface area contributed by atoms with Crippen LogP contribution >= 0.6 is 11.3 Å². The third-order valence-corrected chi connectivity index (χ3v) is 6.08. The molecule has 0 radical (unpaired) electrons. The van der Waals surface area contributed by atoms with E-state index in [1.54, 1.807) is 0 Å². The van der Waals surface area contributed by atoms with Gasteiger partial charge in [0.2, 0.25) is 0 Å². The topological polar surface area (TPSA) is 65.4 Å². The molecule has 0 bridgehead atoms. The van der Waals surface area contributed by atoms with Crippen LogP contribution in [0.2, 0.25) is 0 Å². The van der Waals surface area contributed by atoms with Crippen molar-refractivity contribution >= 4 is 33.3 Å². The molecule has 4 aromatic rings. The van der Waals surface area contributed by atoms with Crippen LogP contribution in [0.4, 0.5) is 5.13 Å². The van der Waals surface area contributed by atoms with Gasteiger partial charge in [0, 0.05) is 28.4 Å². The zero-order valence-corrected chi connectivity index (χ0v) is 17.6.